The van der Waals surface area contributed by atoms with Crippen molar-refractivity contribution in [2.24, 2.45) is 5.92 Å². The summed E-state index contributed by atoms with van der Waals surface area (Å²) in [5.74, 6) is 1.34. The second-order valence-corrected chi connectivity index (χ2v) is 5.44. The van der Waals surface area contributed by atoms with Crippen LogP contribution in [0.2, 0.25) is 0 Å². The van der Waals surface area contributed by atoms with Gasteiger partial charge in [0.25, 0.3) is 0 Å². The third-order valence-electron chi connectivity index (χ3n) is 2.77. The topological polar surface area (TPSA) is 89.3 Å². The molecule has 0 spiro atoms. The van der Waals surface area contributed by atoms with E-state index in [1.165, 1.54) is 0 Å². The first-order valence-corrected chi connectivity index (χ1v) is 7.37. The van der Waals surface area contributed by atoms with Crippen LogP contribution in [0.3, 0.4) is 0 Å². The van der Waals surface area contributed by atoms with Gasteiger partial charge >= 0.3 is 0 Å². The van der Waals surface area contributed by atoms with Gasteiger partial charge in [0, 0.05) is 6.54 Å². The van der Waals surface area contributed by atoms with Gasteiger partial charge in [-0.25, -0.2) is 0 Å². The Morgan fingerprint density at radius 2 is 2.10 bits per heavy atom. The number of amides is 1. The number of ether oxygens (including phenoxy) is 1. The predicted octanol–water partition coefficient (Wildman–Crippen LogP) is 2.03. The molecular weight excluding hydrogens is 268 g/mol. The summed E-state index contributed by atoms with van der Waals surface area (Å²) in [6.07, 6.45) is 0.882. The lowest BCUT2D eigenvalue weighted by atomic mass is 10.2. The summed E-state index contributed by atoms with van der Waals surface area (Å²) in [5, 5.41) is 5.93. The molecule has 0 fully saturated rings. The van der Waals surface area contributed by atoms with Crippen LogP contribution in [0.5, 0.6) is 5.88 Å². The Bertz CT molecular complexity index is 463. The summed E-state index contributed by atoms with van der Waals surface area (Å²) in [6, 6.07) is 3.08. The maximum atomic E-state index is 11.9. The van der Waals surface area contributed by atoms with Crippen LogP contribution in [0.15, 0.2) is 12.1 Å². The third kappa shape index (κ3) is 5.89. The largest absolute Gasteiger partial charge is 0.476 e. The van der Waals surface area contributed by atoms with Gasteiger partial charge in [0.05, 0.1) is 12.3 Å². The Labute approximate surface area is 126 Å². The number of nitrogen functional groups attached to an aromatic ring is 1. The molecule has 0 aliphatic heterocycles. The molecule has 0 aromatic carbocycles. The molecule has 4 N–H and O–H groups in total. The van der Waals surface area contributed by atoms with E-state index in [0.29, 0.717) is 36.5 Å². The van der Waals surface area contributed by atoms with Gasteiger partial charge in [-0.1, -0.05) is 20.8 Å². The van der Waals surface area contributed by atoms with Gasteiger partial charge in [-0.3, -0.25) is 4.79 Å². The van der Waals surface area contributed by atoms with Crippen molar-refractivity contribution in [1.29, 1.82) is 0 Å². The molecule has 1 heterocycles. The molecule has 0 saturated heterocycles. The molecule has 0 aliphatic rings. The van der Waals surface area contributed by atoms with Crippen LogP contribution in [0, 0.1) is 5.92 Å². The molecule has 1 amide bonds. The Morgan fingerprint density at radius 3 is 2.71 bits per heavy atom. The number of rotatable bonds is 8. The molecule has 1 aromatic rings. The average Bonchev–Trinajstić information content (AvgIpc) is 2.45. The molecule has 21 heavy (non-hydrogen) atoms. The Morgan fingerprint density at radius 1 is 1.38 bits per heavy atom. The van der Waals surface area contributed by atoms with Gasteiger partial charge in [-0.2, -0.15) is 4.98 Å². The first kappa shape index (κ1) is 17.1. The number of aromatic nitrogens is 1. The molecule has 6 heteroatoms. The van der Waals surface area contributed by atoms with Gasteiger partial charge in [0.15, 0.2) is 0 Å². The second kappa shape index (κ2) is 8.34. The molecule has 1 atom stereocenters. The number of nitrogens with zero attached hydrogens (tertiary/aromatic N) is 1. The minimum Gasteiger partial charge on any atom is -0.476 e. The van der Waals surface area contributed by atoms with Crippen molar-refractivity contribution >= 4 is 17.4 Å². The fourth-order valence-electron chi connectivity index (χ4n) is 1.59. The highest BCUT2D eigenvalue weighted by molar-refractivity contribution is 5.83. The molecule has 0 aliphatic carbocycles. The molecule has 1 rings (SSSR count). The SMILES string of the molecule is CCCOc1nc(NC(C)C(=O)NCC(C)C)ccc1N. The lowest BCUT2D eigenvalue weighted by molar-refractivity contribution is -0.121. The first-order chi connectivity index (χ1) is 9.93. The number of carbonyl (C=O) groups is 1. The zero-order valence-electron chi connectivity index (χ0n) is 13.3. The highest BCUT2D eigenvalue weighted by Crippen LogP contribution is 2.21. The number of hydrogen-bond acceptors (Lipinski definition) is 5. The molecule has 0 radical (unpaired) electrons. The second-order valence-electron chi connectivity index (χ2n) is 5.44. The van der Waals surface area contributed by atoms with Crippen LogP contribution in [0.25, 0.3) is 0 Å². The highest BCUT2D eigenvalue weighted by atomic mass is 16.5. The maximum Gasteiger partial charge on any atom is 0.242 e. The summed E-state index contributed by atoms with van der Waals surface area (Å²) in [4.78, 5) is 16.2. The molecule has 1 aromatic heterocycles. The van der Waals surface area contributed by atoms with Crippen LogP contribution >= 0.6 is 0 Å². The van der Waals surface area contributed by atoms with Gasteiger partial charge < -0.3 is 21.1 Å². The van der Waals surface area contributed by atoms with E-state index < -0.39 is 0 Å². The van der Waals surface area contributed by atoms with Crippen molar-refractivity contribution < 1.29 is 9.53 Å². The fourth-order valence-corrected chi connectivity index (χ4v) is 1.59. The Kier molecular flexibility index (Phi) is 6.78. The van der Waals surface area contributed by atoms with Crippen molar-refractivity contribution in [2.45, 2.75) is 40.2 Å². The lowest BCUT2D eigenvalue weighted by Crippen LogP contribution is -2.39. The van der Waals surface area contributed by atoms with Gasteiger partial charge in [0.1, 0.15) is 11.9 Å². The van der Waals surface area contributed by atoms with E-state index in [4.69, 9.17) is 10.5 Å². The Hall–Kier alpha value is -1.98. The minimum absolute atomic E-state index is 0.0571. The van der Waals surface area contributed by atoms with Gasteiger partial charge in [-0.05, 0) is 31.4 Å². The number of pyridine rings is 1. The maximum absolute atomic E-state index is 11.9. The smallest absolute Gasteiger partial charge is 0.242 e. The Balaban J connectivity index is 2.63. The fraction of sp³-hybridized carbons (Fsp3) is 0.600. The van der Waals surface area contributed by atoms with E-state index in [1.54, 1.807) is 19.1 Å². The van der Waals surface area contributed by atoms with Gasteiger partial charge in [-0.15, -0.1) is 0 Å². The van der Waals surface area contributed by atoms with Crippen molar-refractivity contribution in [3.8, 4) is 5.88 Å². The third-order valence-corrected chi connectivity index (χ3v) is 2.77. The minimum atomic E-state index is -0.376. The molecule has 118 valence electrons. The summed E-state index contributed by atoms with van der Waals surface area (Å²) in [5.41, 5.74) is 6.30. The van der Waals surface area contributed by atoms with Crippen LogP contribution < -0.4 is 21.1 Å². The quantitative estimate of drug-likeness (QED) is 0.682. The number of nitrogens with two attached hydrogens (primary N) is 1. The van der Waals surface area contributed by atoms with Crippen LogP contribution in [-0.4, -0.2) is 30.1 Å². The van der Waals surface area contributed by atoms with Crippen molar-refractivity contribution in [3.63, 3.8) is 0 Å². The molecular formula is C15H26N4O2. The number of carbonyl (C=O) groups excluding carboxylic acids is 1. The van der Waals surface area contributed by atoms with Crippen molar-refractivity contribution in [3.05, 3.63) is 12.1 Å². The molecule has 0 saturated carbocycles. The number of anilines is 2. The molecule has 1 unspecified atom stereocenters. The molecule has 6 nitrogen and oxygen atoms in total. The van der Waals surface area contributed by atoms with Crippen LogP contribution in [0.1, 0.15) is 34.1 Å². The monoisotopic (exact) mass is 294 g/mol. The number of hydrogen-bond donors (Lipinski definition) is 3. The van der Waals surface area contributed by atoms with Gasteiger partial charge in [0.2, 0.25) is 11.8 Å². The van der Waals surface area contributed by atoms with Crippen molar-refractivity contribution in [1.82, 2.24) is 10.3 Å². The first-order valence-electron chi connectivity index (χ1n) is 7.37. The van der Waals surface area contributed by atoms with E-state index in [2.05, 4.69) is 29.5 Å². The van der Waals surface area contributed by atoms with Crippen LogP contribution in [0.4, 0.5) is 11.5 Å². The van der Waals surface area contributed by atoms with E-state index in [0.717, 1.165) is 6.42 Å². The predicted molar refractivity (Wildman–Crippen MR) is 85.4 cm³/mol. The van der Waals surface area contributed by atoms with Crippen molar-refractivity contribution in [2.75, 3.05) is 24.2 Å². The molecule has 0 bridgehead atoms. The van der Waals surface area contributed by atoms with E-state index in [9.17, 15) is 4.79 Å². The lowest BCUT2D eigenvalue weighted by Gasteiger charge is -2.16. The standard InChI is InChI=1S/C15H26N4O2/c1-5-8-21-15-12(16)6-7-13(19-15)18-11(4)14(20)17-9-10(2)3/h6-7,10-11H,5,8-9,16H2,1-4H3,(H,17,20)(H,18,19). The summed E-state index contributed by atoms with van der Waals surface area (Å²) >= 11 is 0. The summed E-state index contributed by atoms with van der Waals surface area (Å²) in [7, 11) is 0. The zero-order chi connectivity index (χ0) is 15.8. The summed E-state index contributed by atoms with van der Waals surface area (Å²) < 4.78 is 5.47. The zero-order valence-corrected chi connectivity index (χ0v) is 13.3. The normalized spacial score (nSPS) is 12.0. The average molecular weight is 294 g/mol. The van der Waals surface area contributed by atoms with Crippen LogP contribution in [-0.2, 0) is 4.79 Å². The van der Waals surface area contributed by atoms with E-state index in [-0.39, 0.29) is 11.9 Å². The summed E-state index contributed by atoms with van der Waals surface area (Å²) in [6.45, 7) is 9.13. The number of nitrogens with one attached hydrogen (secondary N) is 2. The highest BCUT2D eigenvalue weighted by Gasteiger charge is 2.14. The van der Waals surface area contributed by atoms with E-state index in [1.807, 2.05) is 6.92 Å². The van der Waals surface area contributed by atoms with E-state index >= 15 is 0 Å².